The summed E-state index contributed by atoms with van der Waals surface area (Å²) in [5, 5.41) is 22.9. The monoisotopic (exact) mass is 446 g/mol. The molecule has 3 aromatic rings. The summed E-state index contributed by atoms with van der Waals surface area (Å²) in [5.41, 5.74) is 5.89. The van der Waals surface area contributed by atoms with Crippen LogP contribution in [0.15, 0.2) is 34.9 Å². The van der Waals surface area contributed by atoms with Gasteiger partial charge >= 0.3 is 0 Å². The molecule has 0 saturated carbocycles. The van der Waals surface area contributed by atoms with Gasteiger partial charge in [-0.15, -0.1) is 0 Å². The van der Waals surface area contributed by atoms with E-state index in [1.54, 1.807) is 12.1 Å². The van der Waals surface area contributed by atoms with Crippen molar-refractivity contribution < 1.29 is 14.4 Å². The second kappa shape index (κ2) is 10.2. The van der Waals surface area contributed by atoms with Gasteiger partial charge in [0.05, 0.1) is 11.7 Å². The van der Waals surface area contributed by atoms with E-state index in [0.29, 0.717) is 28.6 Å². The van der Waals surface area contributed by atoms with Crippen molar-refractivity contribution in [1.82, 2.24) is 15.0 Å². The lowest BCUT2D eigenvalue weighted by molar-refractivity contribution is 0.229. The number of benzene rings is 2. The number of ether oxygens (including phenoxy) is 1. The number of nitriles is 1. The molecule has 7 heteroatoms. The number of aromatic nitrogens is 2. The fourth-order valence-corrected chi connectivity index (χ4v) is 4.26. The van der Waals surface area contributed by atoms with Gasteiger partial charge < -0.3 is 19.3 Å². The number of aryl methyl sites for hydroxylation is 1. The fourth-order valence-electron chi connectivity index (χ4n) is 4.26. The third kappa shape index (κ3) is 5.24. The van der Waals surface area contributed by atoms with Crippen LogP contribution in [0.1, 0.15) is 42.5 Å². The lowest BCUT2D eigenvalue weighted by Crippen LogP contribution is -2.28. The van der Waals surface area contributed by atoms with Crippen molar-refractivity contribution in [2.24, 2.45) is 0 Å². The van der Waals surface area contributed by atoms with E-state index in [-0.39, 0.29) is 12.7 Å². The fraction of sp³-hybridized carbons (Fsp3) is 0.423. The molecule has 0 atom stereocenters. The Labute approximate surface area is 194 Å². The van der Waals surface area contributed by atoms with Gasteiger partial charge in [0.25, 0.3) is 5.89 Å². The van der Waals surface area contributed by atoms with Crippen molar-refractivity contribution in [1.29, 1.82) is 5.26 Å². The summed E-state index contributed by atoms with van der Waals surface area (Å²) in [5.74, 6) is 1.47. The van der Waals surface area contributed by atoms with E-state index >= 15 is 0 Å². The highest BCUT2D eigenvalue weighted by Crippen LogP contribution is 2.30. The Morgan fingerprint density at radius 3 is 2.64 bits per heavy atom. The van der Waals surface area contributed by atoms with Crippen LogP contribution in [-0.2, 0) is 12.8 Å². The van der Waals surface area contributed by atoms with Crippen molar-refractivity contribution in [3.63, 3.8) is 0 Å². The van der Waals surface area contributed by atoms with E-state index in [1.807, 2.05) is 19.9 Å². The van der Waals surface area contributed by atoms with Crippen LogP contribution < -0.4 is 4.74 Å². The topological polar surface area (TPSA) is 95.4 Å². The maximum absolute atomic E-state index is 9.51. The van der Waals surface area contributed by atoms with Crippen LogP contribution in [0.3, 0.4) is 0 Å². The average molecular weight is 447 g/mol. The number of rotatable bonds is 7. The smallest absolute Gasteiger partial charge is 0.258 e. The molecule has 1 aliphatic heterocycles. The van der Waals surface area contributed by atoms with Gasteiger partial charge in [0, 0.05) is 37.4 Å². The van der Waals surface area contributed by atoms with Crippen molar-refractivity contribution in [3.8, 4) is 34.7 Å². The first-order chi connectivity index (χ1) is 16.0. The molecular formula is C26H30N4O3. The zero-order chi connectivity index (χ0) is 23.4. The quantitative estimate of drug-likeness (QED) is 0.582. The molecule has 1 N–H and O–H groups in total. The number of aliphatic hydroxyl groups excluding tert-OH is 1. The van der Waals surface area contributed by atoms with E-state index < -0.39 is 0 Å². The van der Waals surface area contributed by atoms with E-state index in [2.05, 4.69) is 40.2 Å². The highest BCUT2D eigenvalue weighted by Gasteiger charge is 2.19. The van der Waals surface area contributed by atoms with E-state index in [4.69, 9.17) is 14.4 Å². The summed E-state index contributed by atoms with van der Waals surface area (Å²) in [6, 6.07) is 11.9. The Bertz CT molecular complexity index is 1160. The predicted molar refractivity (Wildman–Crippen MR) is 126 cm³/mol. The zero-order valence-corrected chi connectivity index (χ0v) is 19.5. The van der Waals surface area contributed by atoms with Crippen molar-refractivity contribution >= 4 is 0 Å². The second-order valence-corrected chi connectivity index (χ2v) is 8.77. The highest BCUT2D eigenvalue weighted by molar-refractivity contribution is 5.66. The Kier molecular flexibility index (Phi) is 7.07. The number of hydrogen-bond donors (Lipinski definition) is 1. The van der Waals surface area contributed by atoms with Gasteiger partial charge in [-0.25, -0.2) is 0 Å². The van der Waals surface area contributed by atoms with Crippen molar-refractivity contribution in [2.45, 2.75) is 46.1 Å². The minimum absolute atomic E-state index is 0.0177. The molecule has 0 saturated heterocycles. The third-order valence-corrected chi connectivity index (χ3v) is 5.95. The average Bonchev–Trinajstić information content (AvgIpc) is 3.20. The Hall–Kier alpha value is -3.21. The third-order valence-electron chi connectivity index (χ3n) is 5.95. The van der Waals surface area contributed by atoms with Gasteiger partial charge in [-0.1, -0.05) is 11.2 Å². The lowest BCUT2D eigenvalue weighted by Gasteiger charge is -2.18. The molecule has 2 heterocycles. The van der Waals surface area contributed by atoms with Gasteiger partial charge in [0.2, 0.25) is 5.82 Å². The molecule has 0 aliphatic carbocycles. The van der Waals surface area contributed by atoms with Crippen LogP contribution >= 0.6 is 0 Å². The molecule has 1 aromatic heterocycles. The molecule has 0 fully saturated rings. The van der Waals surface area contributed by atoms with Gasteiger partial charge in [-0.05, 0) is 81.0 Å². The van der Waals surface area contributed by atoms with E-state index in [9.17, 15) is 5.26 Å². The largest absolute Gasteiger partial charge is 0.490 e. The Balaban J connectivity index is 1.58. The first kappa shape index (κ1) is 23.0. The maximum atomic E-state index is 9.51. The maximum Gasteiger partial charge on any atom is 0.258 e. The number of aliphatic hydroxyl groups is 1. The van der Waals surface area contributed by atoms with Gasteiger partial charge in [-0.2, -0.15) is 10.2 Å². The van der Waals surface area contributed by atoms with Crippen LogP contribution in [-0.4, -0.2) is 52.5 Å². The summed E-state index contributed by atoms with van der Waals surface area (Å²) < 4.78 is 11.3. The van der Waals surface area contributed by atoms with Crippen LogP contribution in [0.2, 0.25) is 0 Å². The number of fused-ring (bicyclic) bond motifs is 1. The van der Waals surface area contributed by atoms with Crippen LogP contribution in [0.5, 0.6) is 5.75 Å². The Morgan fingerprint density at radius 2 is 1.94 bits per heavy atom. The summed E-state index contributed by atoms with van der Waals surface area (Å²) in [7, 11) is 0. The SMILES string of the molecule is Cc1cc2c(cc1-c1noc(-c3ccc(OC(C)C)c(C#N)c3)n1)CCN(CCCO)CC2. The van der Waals surface area contributed by atoms with Crippen LogP contribution in [0.25, 0.3) is 22.8 Å². The van der Waals surface area contributed by atoms with Crippen LogP contribution in [0.4, 0.5) is 0 Å². The first-order valence-corrected chi connectivity index (χ1v) is 11.5. The van der Waals surface area contributed by atoms with E-state index in [1.165, 1.54) is 11.1 Å². The molecule has 7 nitrogen and oxygen atoms in total. The predicted octanol–water partition coefficient (Wildman–Crippen LogP) is 4.15. The first-order valence-electron chi connectivity index (χ1n) is 11.5. The molecular weight excluding hydrogens is 416 g/mol. The molecule has 0 spiro atoms. The molecule has 172 valence electrons. The molecule has 33 heavy (non-hydrogen) atoms. The standard InChI is InChI=1S/C26H30N4O3/c1-17(2)32-24-6-5-21(14-22(24)16-27)26-28-25(29-33-26)23-15-20-8-11-30(9-4-12-31)10-7-19(20)13-18(23)3/h5-6,13-15,17,31H,4,7-12H2,1-3H3. The summed E-state index contributed by atoms with van der Waals surface area (Å²) >= 11 is 0. The summed E-state index contributed by atoms with van der Waals surface area (Å²) in [4.78, 5) is 7.05. The molecule has 4 rings (SSSR count). The van der Waals surface area contributed by atoms with Gasteiger partial charge in [0.1, 0.15) is 11.8 Å². The number of nitrogens with zero attached hydrogens (tertiary/aromatic N) is 4. The molecule has 0 radical (unpaired) electrons. The van der Waals surface area contributed by atoms with Gasteiger partial charge in [0.15, 0.2) is 0 Å². The molecule has 2 aromatic carbocycles. The van der Waals surface area contributed by atoms with Gasteiger partial charge in [-0.3, -0.25) is 0 Å². The number of hydrogen-bond acceptors (Lipinski definition) is 7. The van der Waals surface area contributed by atoms with Crippen LogP contribution in [0, 0.1) is 18.3 Å². The normalized spacial score (nSPS) is 14.1. The van der Waals surface area contributed by atoms with Crippen molar-refractivity contribution in [2.75, 3.05) is 26.2 Å². The molecule has 0 unspecified atom stereocenters. The summed E-state index contributed by atoms with van der Waals surface area (Å²) in [6.07, 6.45) is 2.75. The van der Waals surface area contributed by atoms with E-state index in [0.717, 1.165) is 50.0 Å². The second-order valence-electron chi connectivity index (χ2n) is 8.77. The summed E-state index contributed by atoms with van der Waals surface area (Å²) in [6.45, 7) is 9.08. The molecule has 0 amide bonds. The molecule has 1 aliphatic rings. The minimum Gasteiger partial charge on any atom is -0.490 e. The Morgan fingerprint density at radius 1 is 1.18 bits per heavy atom. The zero-order valence-electron chi connectivity index (χ0n) is 19.5. The highest BCUT2D eigenvalue weighted by atomic mass is 16.5. The lowest BCUT2D eigenvalue weighted by atomic mass is 9.96. The molecule has 0 bridgehead atoms. The van der Waals surface area contributed by atoms with Crippen molar-refractivity contribution in [3.05, 3.63) is 52.6 Å². The minimum atomic E-state index is -0.0177.